The van der Waals surface area contributed by atoms with E-state index in [0.29, 0.717) is 11.6 Å². The lowest BCUT2D eigenvalue weighted by Gasteiger charge is -2.13. The zero-order valence-corrected chi connectivity index (χ0v) is 13.9. The van der Waals surface area contributed by atoms with E-state index in [1.807, 2.05) is 36.4 Å². The summed E-state index contributed by atoms with van der Waals surface area (Å²) >= 11 is 0. The number of halogens is 2. The Labute approximate surface area is 148 Å². The first-order chi connectivity index (χ1) is 12.5. The number of hydrogen-bond acceptors (Lipinski definition) is 3. The molecule has 0 fully saturated rings. The average Bonchev–Trinajstić information content (AvgIpc) is 3.11. The Balaban J connectivity index is 1.72. The monoisotopic (exact) mass is 351 g/mol. The number of nitrogens with zero attached hydrogens (tertiary/aromatic N) is 3. The Bertz CT molecular complexity index is 1050. The first kappa shape index (κ1) is 16.2. The lowest BCUT2D eigenvalue weighted by Crippen LogP contribution is -2.06. The van der Waals surface area contributed by atoms with Crippen LogP contribution in [0.4, 0.5) is 8.78 Å². The summed E-state index contributed by atoms with van der Waals surface area (Å²) in [5.41, 5.74) is 2.47. The summed E-state index contributed by atoms with van der Waals surface area (Å²) in [5.74, 6) is -2.07. The molecule has 0 aliphatic rings. The summed E-state index contributed by atoms with van der Waals surface area (Å²) in [4.78, 5) is 4.30. The molecule has 0 amide bonds. The molecule has 4 aromatic rings. The number of hydrogen-bond donors (Lipinski definition) is 0. The van der Waals surface area contributed by atoms with Crippen LogP contribution >= 0.6 is 0 Å². The van der Waals surface area contributed by atoms with Gasteiger partial charge in [0.15, 0.2) is 0 Å². The fraction of sp³-hybridized carbons (Fsp3) is 0.100. The molecule has 6 heteroatoms. The van der Waals surface area contributed by atoms with Gasteiger partial charge in [0.1, 0.15) is 5.75 Å². The predicted octanol–water partition coefficient (Wildman–Crippen LogP) is 5.30. The molecule has 0 aliphatic heterocycles. The smallest absolute Gasteiger partial charge is 0.270 e. The van der Waals surface area contributed by atoms with E-state index in [9.17, 15) is 8.78 Å². The lowest BCUT2D eigenvalue weighted by atomic mass is 10.1. The van der Waals surface area contributed by atoms with Crippen LogP contribution in [0.25, 0.3) is 16.8 Å². The summed E-state index contributed by atoms with van der Waals surface area (Å²) in [6, 6.07) is 17.1. The maximum Gasteiger partial charge on any atom is 0.270 e. The number of rotatable bonds is 4. The largest absolute Gasteiger partial charge is 0.438 e. The van der Waals surface area contributed by atoms with Crippen LogP contribution in [0.5, 0.6) is 11.6 Å². The fourth-order valence-corrected chi connectivity index (χ4v) is 2.75. The third-order valence-electron chi connectivity index (χ3n) is 4.04. The number of benzene rings is 1. The molecule has 1 aromatic carbocycles. The predicted molar refractivity (Wildman–Crippen MR) is 94.5 cm³/mol. The van der Waals surface area contributed by atoms with E-state index >= 15 is 0 Å². The lowest BCUT2D eigenvalue weighted by molar-refractivity contribution is 0.0174. The minimum absolute atomic E-state index is 0.0626. The summed E-state index contributed by atoms with van der Waals surface area (Å²) in [7, 11) is 0. The molecule has 4 nitrogen and oxygen atoms in total. The van der Waals surface area contributed by atoms with E-state index in [2.05, 4.69) is 10.1 Å². The molecule has 0 aliphatic carbocycles. The first-order valence-corrected chi connectivity index (χ1v) is 8.07. The molecule has 0 N–H and O–H groups in total. The van der Waals surface area contributed by atoms with Crippen LogP contribution in [0.3, 0.4) is 0 Å². The molecule has 0 unspecified atom stereocenters. The van der Waals surface area contributed by atoms with E-state index in [4.69, 9.17) is 4.74 Å². The van der Waals surface area contributed by atoms with Crippen LogP contribution in [0.2, 0.25) is 0 Å². The molecule has 4 rings (SSSR count). The number of fused-ring (bicyclic) bond motifs is 1. The van der Waals surface area contributed by atoms with E-state index < -0.39 is 5.92 Å². The Kier molecular flexibility index (Phi) is 3.88. The summed E-state index contributed by atoms with van der Waals surface area (Å²) in [5, 5.41) is 4.33. The number of pyridine rings is 2. The van der Waals surface area contributed by atoms with Crippen molar-refractivity contribution >= 4 is 5.52 Å². The Hall–Kier alpha value is -3.28. The van der Waals surface area contributed by atoms with Crippen molar-refractivity contribution in [2.75, 3.05) is 0 Å². The van der Waals surface area contributed by atoms with Gasteiger partial charge in [-0.3, -0.25) is 0 Å². The molecule has 0 atom stereocenters. The molecule has 3 aromatic heterocycles. The topological polar surface area (TPSA) is 39.4 Å². The van der Waals surface area contributed by atoms with E-state index in [0.717, 1.165) is 23.7 Å². The van der Waals surface area contributed by atoms with Gasteiger partial charge in [-0.05, 0) is 54.6 Å². The normalized spacial score (nSPS) is 11.7. The van der Waals surface area contributed by atoms with Crippen molar-refractivity contribution < 1.29 is 13.5 Å². The number of alkyl halides is 2. The van der Waals surface area contributed by atoms with Crippen molar-refractivity contribution in [1.82, 2.24) is 14.6 Å². The highest BCUT2D eigenvalue weighted by atomic mass is 19.3. The SMILES string of the molecule is CC(F)(F)c1ccc(Oc2ncccc2-c2cccc3ccnn23)cc1. The van der Waals surface area contributed by atoms with Crippen LogP contribution in [0.1, 0.15) is 12.5 Å². The molecular formula is C20H15F2N3O. The zero-order valence-electron chi connectivity index (χ0n) is 13.9. The molecule has 0 spiro atoms. The molecule has 3 heterocycles. The second-order valence-corrected chi connectivity index (χ2v) is 5.95. The van der Waals surface area contributed by atoms with Crippen LogP contribution in [0.15, 0.2) is 73.1 Å². The second kappa shape index (κ2) is 6.22. The summed E-state index contributed by atoms with van der Waals surface area (Å²) in [6.45, 7) is 0.866. The third-order valence-corrected chi connectivity index (χ3v) is 4.04. The Morgan fingerprint density at radius 1 is 0.923 bits per heavy atom. The van der Waals surface area contributed by atoms with Gasteiger partial charge in [0.05, 0.1) is 23.0 Å². The number of aromatic nitrogens is 3. The molecule has 0 bridgehead atoms. The standard InChI is InChI=1S/C20H15F2N3O/c1-20(21,22)14-7-9-16(10-8-14)26-19-17(5-3-12-23-19)18-6-2-4-15-11-13-24-25(15)18/h2-13H,1H3. The van der Waals surface area contributed by atoms with Crippen molar-refractivity contribution in [2.24, 2.45) is 0 Å². The molecule has 26 heavy (non-hydrogen) atoms. The van der Waals surface area contributed by atoms with Gasteiger partial charge in [-0.25, -0.2) is 18.3 Å². The Morgan fingerprint density at radius 2 is 1.73 bits per heavy atom. The summed E-state index contributed by atoms with van der Waals surface area (Å²) in [6.07, 6.45) is 3.34. The van der Waals surface area contributed by atoms with Crippen molar-refractivity contribution in [3.8, 4) is 22.9 Å². The Morgan fingerprint density at radius 3 is 2.50 bits per heavy atom. The van der Waals surface area contributed by atoms with Crippen LogP contribution < -0.4 is 4.74 Å². The minimum Gasteiger partial charge on any atom is -0.438 e. The van der Waals surface area contributed by atoms with Gasteiger partial charge >= 0.3 is 0 Å². The minimum atomic E-state index is -2.88. The van der Waals surface area contributed by atoms with Crippen molar-refractivity contribution in [2.45, 2.75) is 12.8 Å². The van der Waals surface area contributed by atoms with Gasteiger partial charge in [-0.15, -0.1) is 0 Å². The van der Waals surface area contributed by atoms with Gasteiger partial charge < -0.3 is 4.74 Å². The van der Waals surface area contributed by atoms with Gasteiger partial charge in [0.25, 0.3) is 5.92 Å². The van der Waals surface area contributed by atoms with Crippen LogP contribution in [-0.4, -0.2) is 14.6 Å². The van der Waals surface area contributed by atoms with E-state index in [1.54, 1.807) is 16.9 Å². The van der Waals surface area contributed by atoms with Gasteiger partial charge in [-0.1, -0.05) is 6.07 Å². The second-order valence-electron chi connectivity index (χ2n) is 5.95. The quantitative estimate of drug-likeness (QED) is 0.501. The molecule has 0 saturated heterocycles. The summed E-state index contributed by atoms with van der Waals surface area (Å²) < 4.78 is 34.4. The fourth-order valence-electron chi connectivity index (χ4n) is 2.75. The molecular weight excluding hydrogens is 336 g/mol. The third kappa shape index (κ3) is 3.01. The molecule has 0 radical (unpaired) electrons. The van der Waals surface area contributed by atoms with Crippen molar-refractivity contribution in [3.63, 3.8) is 0 Å². The molecule has 130 valence electrons. The highest BCUT2D eigenvalue weighted by Gasteiger charge is 2.24. The zero-order chi connectivity index (χ0) is 18.1. The maximum absolute atomic E-state index is 13.4. The average molecular weight is 351 g/mol. The van der Waals surface area contributed by atoms with E-state index in [-0.39, 0.29) is 5.56 Å². The van der Waals surface area contributed by atoms with Crippen molar-refractivity contribution in [1.29, 1.82) is 0 Å². The van der Waals surface area contributed by atoms with E-state index in [1.165, 1.54) is 24.3 Å². The van der Waals surface area contributed by atoms with Gasteiger partial charge in [0.2, 0.25) is 5.88 Å². The van der Waals surface area contributed by atoms with Gasteiger partial charge in [0, 0.05) is 18.7 Å². The highest BCUT2D eigenvalue weighted by Crippen LogP contribution is 2.33. The maximum atomic E-state index is 13.4. The first-order valence-electron chi connectivity index (χ1n) is 8.07. The van der Waals surface area contributed by atoms with Crippen molar-refractivity contribution in [3.05, 3.63) is 78.6 Å². The van der Waals surface area contributed by atoms with Gasteiger partial charge in [-0.2, -0.15) is 5.10 Å². The van der Waals surface area contributed by atoms with Crippen LogP contribution in [0, 0.1) is 0 Å². The molecule has 0 saturated carbocycles. The van der Waals surface area contributed by atoms with Crippen LogP contribution in [-0.2, 0) is 5.92 Å². The number of ether oxygens (including phenoxy) is 1. The highest BCUT2D eigenvalue weighted by molar-refractivity contribution is 5.68.